The molecule has 0 saturated heterocycles. The van der Waals surface area contributed by atoms with Crippen molar-refractivity contribution in [3.63, 3.8) is 0 Å². The Morgan fingerprint density at radius 2 is 1.55 bits per heavy atom. The molecule has 66 heavy (non-hydrogen) atoms. The molecule has 6 aliphatic carbocycles. The molecule has 5 heteroatoms. The van der Waals surface area contributed by atoms with Gasteiger partial charge in [0, 0.05) is 50.8 Å². The minimum absolute atomic E-state index is 0.0351. The highest BCUT2D eigenvalue weighted by atomic mass is 16.5. The van der Waals surface area contributed by atoms with Crippen LogP contribution in [0.4, 0.5) is 0 Å². The van der Waals surface area contributed by atoms with E-state index in [0.717, 1.165) is 51.9 Å². The Hall–Kier alpha value is -7.37. The molecule has 6 aromatic rings. The van der Waals surface area contributed by atoms with Crippen molar-refractivity contribution >= 4 is 27.6 Å². The molecule has 7 atom stereocenters. The Labute approximate surface area is 386 Å². The number of ether oxygens (including phenoxy) is 1. The maximum absolute atomic E-state index is 7.11. The Bertz CT molecular complexity index is 3360. The first-order chi connectivity index (χ1) is 32.4. The maximum atomic E-state index is 7.11. The van der Waals surface area contributed by atoms with Gasteiger partial charge in [-0.05, 0) is 81.9 Å². The van der Waals surface area contributed by atoms with E-state index in [4.69, 9.17) is 19.7 Å². The van der Waals surface area contributed by atoms with Gasteiger partial charge in [-0.2, -0.15) is 9.97 Å². The summed E-state index contributed by atoms with van der Waals surface area (Å²) in [7, 11) is 0. The van der Waals surface area contributed by atoms with Crippen LogP contribution in [-0.2, 0) is 5.41 Å². The van der Waals surface area contributed by atoms with Gasteiger partial charge >= 0.3 is 0 Å². The second-order valence-corrected chi connectivity index (χ2v) is 19.3. The molecule has 0 bridgehead atoms. The fraction of sp³-hybridized carbons (Fsp3) is 0.197. The lowest BCUT2D eigenvalue weighted by Crippen LogP contribution is -2.35. The fourth-order valence-corrected chi connectivity index (χ4v) is 11.8. The van der Waals surface area contributed by atoms with E-state index < -0.39 is 0 Å². The maximum Gasteiger partial charge on any atom is 0.238 e. The molecule has 4 aromatic carbocycles. The average Bonchev–Trinajstić information content (AvgIpc) is 3.82. The van der Waals surface area contributed by atoms with Crippen LogP contribution in [0.25, 0.3) is 45.0 Å². The quantitative estimate of drug-likeness (QED) is 0.173. The van der Waals surface area contributed by atoms with Gasteiger partial charge in [0.25, 0.3) is 0 Å². The number of rotatable bonds is 5. The number of allylic oxidation sites excluding steroid dienone is 19. The average molecular weight is 855 g/mol. The van der Waals surface area contributed by atoms with Crippen molar-refractivity contribution in [1.82, 2.24) is 19.5 Å². The molecule has 0 saturated carbocycles. The normalized spacial score (nSPS) is 26.3. The van der Waals surface area contributed by atoms with Crippen molar-refractivity contribution in [2.45, 2.75) is 57.0 Å². The van der Waals surface area contributed by atoms with Gasteiger partial charge in [0.05, 0.1) is 11.2 Å². The van der Waals surface area contributed by atoms with Crippen LogP contribution in [-0.4, -0.2) is 19.5 Å². The molecule has 3 heterocycles. The Morgan fingerprint density at radius 3 is 2.42 bits per heavy atom. The van der Waals surface area contributed by atoms with E-state index in [1.165, 1.54) is 44.5 Å². The van der Waals surface area contributed by atoms with Crippen LogP contribution < -0.4 is 4.74 Å². The number of nitrogens with zero attached hydrogens (tertiary/aromatic N) is 4. The van der Waals surface area contributed by atoms with Gasteiger partial charge in [-0.25, -0.2) is 4.98 Å². The van der Waals surface area contributed by atoms with Crippen molar-refractivity contribution in [3.8, 4) is 23.1 Å². The van der Waals surface area contributed by atoms with Crippen LogP contribution in [0.1, 0.15) is 90.9 Å². The molecule has 7 aliphatic rings. The first kappa shape index (κ1) is 39.0. The van der Waals surface area contributed by atoms with Gasteiger partial charge < -0.3 is 4.74 Å². The number of hydrogen-bond donors (Lipinski definition) is 0. The van der Waals surface area contributed by atoms with Crippen LogP contribution in [0, 0.1) is 17.8 Å². The summed E-state index contributed by atoms with van der Waals surface area (Å²) in [6.45, 7) is 6.95. The summed E-state index contributed by atoms with van der Waals surface area (Å²) in [5.74, 6) is 4.16. The highest BCUT2D eigenvalue weighted by Crippen LogP contribution is 2.58. The lowest BCUT2D eigenvalue weighted by molar-refractivity contribution is 0.215. The van der Waals surface area contributed by atoms with Crippen LogP contribution in [0.2, 0.25) is 0 Å². The molecule has 2 aromatic heterocycles. The Kier molecular flexibility index (Phi) is 8.93. The van der Waals surface area contributed by atoms with Gasteiger partial charge in [0.15, 0.2) is 17.8 Å². The van der Waals surface area contributed by atoms with Crippen molar-refractivity contribution in [2.75, 3.05) is 0 Å². The number of benzene rings is 4. The van der Waals surface area contributed by atoms with Crippen LogP contribution in [0.5, 0.6) is 5.75 Å². The molecule has 7 unspecified atom stereocenters. The summed E-state index contributed by atoms with van der Waals surface area (Å²) >= 11 is 0. The molecule has 320 valence electrons. The third-order valence-corrected chi connectivity index (χ3v) is 15.3. The van der Waals surface area contributed by atoms with Gasteiger partial charge in [0.1, 0.15) is 5.75 Å². The largest absolute Gasteiger partial charge is 0.483 e. The van der Waals surface area contributed by atoms with Crippen LogP contribution in [0.15, 0.2) is 199 Å². The van der Waals surface area contributed by atoms with Gasteiger partial charge in [-0.1, -0.05) is 191 Å². The molecule has 0 amide bonds. The third-order valence-electron chi connectivity index (χ3n) is 15.3. The molecule has 1 aliphatic heterocycles. The SMILES string of the molecule is CC1C=CC(c2nc(-c3ccc(C4C=CC=CC4C)cc3)nc(-n3c4c(c5ccccc53)C(C3=CC=CC5C(=C3)c3ccccc3C3(C)CC=CC=C53)=CC3c5ccccc5OC43)n2)=CC1. The van der Waals surface area contributed by atoms with Crippen molar-refractivity contribution < 1.29 is 4.74 Å². The zero-order valence-corrected chi connectivity index (χ0v) is 37.5. The fourth-order valence-electron chi connectivity index (χ4n) is 11.8. The summed E-state index contributed by atoms with van der Waals surface area (Å²) in [5, 5.41) is 1.14. The van der Waals surface area contributed by atoms with Gasteiger partial charge in [0.2, 0.25) is 5.95 Å². The minimum atomic E-state index is -0.302. The van der Waals surface area contributed by atoms with E-state index in [2.05, 4.69) is 214 Å². The molecular weight excluding hydrogens is 805 g/mol. The van der Waals surface area contributed by atoms with E-state index in [-0.39, 0.29) is 23.4 Å². The summed E-state index contributed by atoms with van der Waals surface area (Å²) in [6.07, 6.45) is 36.2. The number of fused-ring (bicyclic) bond motifs is 13. The minimum Gasteiger partial charge on any atom is -0.483 e. The highest BCUT2D eigenvalue weighted by molar-refractivity contribution is 6.03. The van der Waals surface area contributed by atoms with Gasteiger partial charge in [-0.3, -0.25) is 4.57 Å². The lowest BCUT2D eigenvalue weighted by atomic mass is 9.59. The van der Waals surface area contributed by atoms with Crippen molar-refractivity contribution in [3.05, 3.63) is 239 Å². The molecular formula is C61H50N4O. The first-order valence-electron chi connectivity index (χ1n) is 23.7. The zero-order valence-electron chi connectivity index (χ0n) is 37.5. The predicted octanol–water partition coefficient (Wildman–Crippen LogP) is 14.3. The molecule has 0 radical (unpaired) electrons. The highest BCUT2D eigenvalue weighted by Gasteiger charge is 2.46. The van der Waals surface area contributed by atoms with E-state index in [1.807, 2.05) is 0 Å². The first-order valence-corrected chi connectivity index (χ1v) is 23.7. The number of para-hydroxylation sites is 2. The van der Waals surface area contributed by atoms with E-state index in [0.29, 0.717) is 35.4 Å². The number of hydrogen-bond acceptors (Lipinski definition) is 4. The predicted molar refractivity (Wildman–Crippen MR) is 268 cm³/mol. The lowest BCUT2D eigenvalue weighted by Gasteiger charge is -2.44. The van der Waals surface area contributed by atoms with Crippen LogP contribution >= 0.6 is 0 Å². The van der Waals surface area contributed by atoms with E-state index in [9.17, 15) is 0 Å². The smallest absolute Gasteiger partial charge is 0.238 e. The van der Waals surface area contributed by atoms with Crippen LogP contribution in [0.3, 0.4) is 0 Å². The number of aromatic nitrogens is 4. The molecule has 0 fully saturated rings. The van der Waals surface area contributed by atoms with E-state index in [1.54, 1.807) is 0 Å². The molecule has 0 N–H and O–H groups in total. The molecule has 0 spiro atoms. The Morgan fingerprint density at radius 1 is 0.727 bits per heavy atom. The second kappa shape index (κ2) is 15.1. The third kappa shape index (κ3) is 6.02. The zero-order chi connectivity index (χ0) is 44.1. The summed E-state index contributed by atoms with van der Waals surface area (Å²) in [4.78, 5) is 16.1. The topological polar surface area (TPSA) is 52.8 Å². The molecule has 5 nitrogen and oxygen atoms in total. The Balaban J connectivity index is 1.03. The summed E-state index contributed by atoms with van der Waals surface area (Å²) < 4.78 is 9.41. The monoisotopic (exact) mass is 854 g/mol. The molecule has 13 rings (SSSR count). The van der Waals surface area contributed by atoms with Crippen molar-refractivity contribution in [1.29, 1.82) is 0 Å². The summed E-state index contributed by atoms with van der Waals surface area (Å²) in [5.41, 5.74) is 15.5. The van der Waals surface area contributed by atoms with Crippen molar-refractivity contribution in [2.24, 2.45) is 17.8 Å². The van der Waals surface area contributed by atoms with Gasteiger partial charge in [-0.15, -0.1) is 0 Å². The van der Waals surface area contributed by atoms with E-state index >= 15 is 0 Å². The standard InChI is InChI=1S/C61H50N4O/c1-37-26-28-40(29-27-37)58-62-59(41-32-30-39(31-33-41)43-17-5-4-15-38(43)2)64-60(63-58)65-53-24-10-7-20-47(53)55-48(36-50-46-19-8-11-25-54(46)66-57(50)56(55)65)42-16-14-21-45-49(35-42)44-18-6-9-22-51(44)61(3)34-13-12-23-52(45)61/h4-26,28-33,35-38,43,45,50,57H,27,34H2,1-3H3. The summed E-state index contributed by atoms with van der Waals surface area (Å²) in [6, 6.07) is 35.2. The second-order valence-electron chi connectivity index (χ2n) is 19.3.